The molecular weight excluding hydrogens is 244 g/mol. The van der Waals surface area contributed by atoms with Gasteiger partial charge in [-0.1, -0.05) is 35.0 Å². The Morgan fingerprint density at radius 3 is 3.00 bits per heavy atom. The lowest BCUT2D eigenvalue weighted by atomic mass is 10.1. The van der Waals surface area contributed by atoms with E-state index in [0.717, 1.165) is 5.56 Å². The zero-order valence-corrected chi connectivity index (χ0v) is 11.2. The molecule has 0 aliphatic carbocycles. The van der Waals surface area contributed by atoms with Crippen LogP contribution in [0.2, 0.25) is 0 Å². The van der Waals surface area contributed by atoms with Crippen LogP contribution in [0.15, 0.2) is 28.8 Å². The van der Waals surface area contributed by atoms with Gasteiger partial charge in [0.05, 0.1) is 19.1 Å². The number of rotatable bonds is 6. The van der Waals surface area contributed by atoms with Gasteiger partial charge >= 0.3 is 0 Å². The molecule has 1 unspecified atom stereocenters. The average Bonchev–Trinajstić information content (AvgIpc) is 2.76. The largest absolute Gasteiger partial charge is 0.390 e. The minimum absolute atomic E-state index is 0.260. The lowest BCUT2D eigenvalue weighted by Gasteiger charge is -2.04. The van der Waals surface area contributed by atoms with Gasteiger partial charge in [0.25, 0.3) is 0 Å². The van der Waals surface area contributed by atoms with Crippen LogP contribution in [0, 0.1) is 6.92 Å². The molecule has 5 nitrogen and oxygen atoms in total. The third kappa shape index (κ3) is 4.15. The smallest absolute Gasteiger partial charge is 0.229 e. The van der Waals surface area contributed by atoms with Crippen molar-refractivity contribution in [2.45, 2.75) is 25.9 Å². The Hall–Kier alpha value is -1.72. The molecule has 0 radical (unpaired) electrons. The number of benzene rings is 1. The monoisotopic (exact) mass is 262 g/mol. The second-order valence-electron chi connectivity index (χ2n) is 4.58. The van der Waals surface area contributed by atoms with E-state index in [4.69, 9.17) is 9.26 Å². The molecule has 1 aromatic heterocycles. The highest BCUT2D eigenvalue weighted by atomic mass is 16.5. The first kappa shape index (κ1) is 13.7. The maximum absolute atomic E-state index is 9.59. The Bertz CT molecular complexity index is 525. The first-order valence-corrected chi connectivity index (χ1v) is 6.21. The molecule has 102 valence electrons. The summed E-state index contributed by atoms with van der Waals surface area (Å²) in [7, 11) is 1.54. The molecule has 19 heavy (non-hydrogen) atoms. The third-order valence-electron chi connectivity index (χ3n) is 2.72. The molecule has 0 saturated heterocycles. The van der Waals surface area contributed by atoms with Crippen molar-refractivity contribution in [3.8, 4) is 0 Å². The number of aryl methyl sites for hydroxylation is 1. The van der Waals surface area contributed by atoms with Gasteiger partial charge in [0, 0.05) is 13.5 Å². The molecule has 0 saturated carbocycles. The summed E-state index contributed by atoms with van der Waals surface area (Å²) in [6.45, 7) is 2.31. The van der Waals surface area contributed by atoms with E-state index in [1.165, 1.54) is 5.56 Å². The van der Waals surface area contributed by atoms with Gasteiger partial charge in [0.2, 0.25) is 5.89 Å². The highest BCUT2D eigenvalue weighted by molar-refractivity contribution is 5.24. The topological polar surface area (TPSA) is 68.4 Å². The van der Waals surface area contributed by atoms with Crippen LogP contribution in [0.3, 0.4) is 0 Å². The van der Waals surface area contributed by atoms with E-state index < -0.39 is 6.10 Å². The number of nitrogens with zero attached hydrogens (tertiary/aromatic N) is 2. The Kier molecular flexibility index (Phi) is 4.65. The van der Waals surface area contributed by atoms with Crippen molar-refractivity contribution < 1.29 is 14.4 Å². The Morgan fingerprint density at radius 2 is 2.26 bits per heavy atom. The number of methoxy groups -OCH3 is 1. The van der Waals surface area contributed by atoms with Crippen molar-refractivity contribution in [3.63, 3.8) is 0 Å². The third-order valence-corrected chi connectivity index (χ3v) is 2.72. The number of ether oxygens (including phenoxy) is 1. The molecule has 0 fully saturated rings. The molecule has 1 N–H and O–H groups in total. The molecule has 0 bridgehead atoms. The molecule has 2 aromatic rings. The van der Waals surface area contributed by atoms with E-state index in [1.807, 2.05) is 25.1 Å². The molecule has 1 atom stereocenters. The normalized spacial score (nSPS) is 12.6. The van der Waals surface area contributed by atoms with Crippen molar-refractivity contribution in [2.24, 2.45) is 0 Å². The number of hydrogen-bond acceptors (Lipinski definition) is 5. The first-order chi connectivity index (χ1) is 9.17. The summed E-state index contributed by atoms with van der Waals surface area (Å²) in [5.74, 6) is 1.07. The summed E-state index contributed by atoms with van der Waals surface area (Å²) in [5.41, 5.74) is 2.35. The molecule has 0 spiro atoms. The molecular formula is C14H18N2O3. The van der Waals surface area contributed by atoms with E-state index in [0.29, 0.717) is 24.6 Å². The van der Waals surface area contributed by atoms with Crippen LogP contribution in [0.4, 0.5) is 0 Å². The van der Waals surface area contributed by atoms with Crippen molar-refractivity contribution in [1.29, 1.82) is 0 Å². The fourth-order valence-electron chi connectivity index (χ4n) is 1.90. The maximum atomic E-state index is 9.59. The van der Waals surface area contributed by atoms with Gasteiger partial charge in [-0.2, -0.15) is 4.98 Å². The van der Waals surface area contributed by atoms with Crippen molar-refractivity contribution in [3.05, 3.63) is 47.1 Å². The molecule has 0 aliphatic heterocycles. The van der Waals surface area contributed by atoms with Gasteiger partial charge in [0.15, 0.2) is 5.82 Å². The number of hydrogen-bond donors (Lipinski definition) is 1. The number of aromatic nitrogens is 2. The van der Waals surface area contributed by atoms with E-state index >= 15 is 0 Å². The van der Waals surface area contributed by atoms with Gasteiger partial charge in [-0.15, -0.1) is 0 Å². The van der Waals surface area contributed by atoms with Crippen molar-refractivity contribution >= 4 is 0 Å². The molecule has 5 heteroatoms. The second-order valence-corrected chi connectivity index (χ2v) is 4.58. The summed E-state index contributed by atoms with van der Waals surface area (Å²) >= 11 is 0. The second kappa shape index (κ2) is 6.45. The van der Waals surface area contributed by atoms with Crippen LogP contribution < -0.4 is 0 Å². The van der Waals surface area contributed by atoms with Crippen molar-refractivity contribution in [2.75, 3.05) is 13.7 Å². The van der Waals surface area contributed by atoms with E-state index in [1.54, 1.807) is 7.11 Å². The van der Waals surface area contributed by atoms with Gasteiger partial charge in [-0.05, 0) is 12.5 Å². The van der Waals surface area contributed by atoms with Crippen LogP contribution >= 0.6 is 0 Å². The molecule has 1 heterocycles. The van der Waals surface area contributed by atoms with Crippen LogP contribution in [0.25, 0.3) is 0 Å². The standard InChI is InChI=1S/C14H18N2O3/c1-10-4-3-5-11(6-10)7-13-15-14(19-16-13)8-12(17)9-18-2/h3-6,12,17H,7-9H2,1-2H3. The van der Waals surface area contributed by atoms with Crippen LogP contribution in [0.5, 0.6) is 0 Å². The minimum atomic E-state index is -0.614. The predicted molar refractivity (Wildman–Crippen MR) is 69.9 cm³/mol. The summed E-state index contributed by atoms with van der Waals surface area (Å²) in [6, 6.07) is 8.18. The average molecular weight is 262 g/mol. The number of aliphatic hydroxyl groups is 1. The highest BCUT2D eigenvalue weighted by Crippen LogP contribution is 2.10. The van der Waals surface area contributed by atoms with E-state index in [2.05, 4.69) is 16.2 Å². The fraction of sp³-hybridized carbons (Fsp3) is 0.429. The van der Waals surface area contributed by atoms with Gasteiger partial charge < -0.3 is 14.4 Å². The lowest BCUT2D eigenvalue weighted by Crippen LogP contribution is -2.17. The first-order valence-electron chi connectivity index (χ1n) is 6.21. The van der Waals surface area contributed by atoms with Gasteiger partial charge in [-0.3, -0.25) is 0 Å². The van der Waals surface area contributed by atoms with E-state index in [9.17, 15) is 5.11 Å². The lowest BCUT2D eigenvalue weighted by molar-refractivity contribution is 0.0599. The van der Waals surface area contributed by atoms with E-state index in [-0.39, 0.29) is 6.61 Å². The van der Waals surface area contributed by atoms with Crippen LogP contribution in [-0.4, -0.2) is 35.1 Å². The Labute approximate surface area is 112 Å². The molecule has 0 amide bonds. The highest BCUT2D eigenvalue weighted by Gasteiger charge is 2.12. The summed E-state index contributed by atoms with van der Waals surface area (Å²) < 4.78 is 9.96. The summed E-state index contributed by atoms with van der Waals surface area (Å²) in [5, 5.41) is 13.5. The quantitative estimate of drug-likeness (QED) is 0.854. The Morgan fingerprint density at radius 1 is 1.42 bits per heavy atom. The zero-order chi connectivity index (χ0) is 13.7. The summed E-state index contributed by atoms with van der Waals surface area (Å²) in [6.07, 6.45) is 0.331. The zero-order valence-electron chi connectivity index (χ0n) is 11.2. The number of aliphatic hydroxyl groups excluding tert-OH is 1. The van der Waals surface area contributed by atoms with Gasteiger partial charge in [0.1, 0.15) is 0 Å². The van der Waals surface area contributed by atoms with Gasteiger partial charge in [-0.25, -0.2) is 0 Å². The minimum Gasteiger partial charge on any atom is -0.390 e. The summed E-state index contributed by atoms with van der Waals surface area (Å²) in [4.78, 5) is 4.26. The predicted octanol–water partition coefficient (Wildman–Crippen LogP) is 1.52. The maximum Gasteiger partial charge on any atom is 0.229 e. The van der Waals surface area contributed by atoms with Crippen molar-refractivity contribution in [1.82, 2.24) is 10.1 Å². The molecule has 0 aliphatic rings. The van der Waals surface area contributed by atoms with Crippen LogP contribution in [-0.2, 0) is 17.6 Å². The SMILES string of the molecule is COCC(O)Cc1nc(Cc2cccc(C)c2)no1. The molecule has 1 aromatic carbocycles. The fourth-order valence-corrected chi connectivity index (χ4v) is 1.90. The van der Waals surface area contributed by atoms with Crippen LogP contribution in [0.1, 0.15) is 22.8 Å². The Balaban J connectivity index is 1.97. The molecule has 2 rings (SSSR count).